The number of benzene rings is 1. The van der Waals surface area contributed by atoms with Crippen molar-refractivity contribution in [3.63, 3.8) is 0 Å². The van der Waals surface area contributed by atoms with E-state index in [1.165, 1.54) is 36.4 Å². The minimum Gasteiger partial charge on any atom is -0.376 e. The summed E-state index contributed by atoms with van der Waals surface area (Å²) >= 11 is 0. The third-order valence-corrected chi connectivity index (χ3v) is 7.62. The lowest BCUT2D eigenvalue weighted by molar-refractivity contribution is -0.116. The normalized spacial score (nSPS) is 15.6. The van der Waals surface area contributed by atoms with Gasteiger partial charge in [0.2, 0.25) is 15.9 Å². The van der Waals surface area contributed by atoms with Crippen LogP contribution in [-0.2, 0) is 14.8 Å². The maximum atomic E-state index is 12.8. The van der Waals surface area contributed by atoms with Crippen LogP contribution < -0.4 is 10.2 Å². The van der Waals surface area contributed by atoms with E-state index >= 15 is 0 Å². The van der Waals surface area contributed by atoms with Gasteiger partial charge in [0.25, 0.3) is 0 Å². The Labute approximate surface area is 170 Å². The van der Waals surface area contributed by atoms with Crippen LogP contribution in [0.5, 0.6) is 0 Å². The predicted octanol–water partition coefficient (Wildman–Crippen LogP) is 4.08. The molecule has 158 valence electrons. The minimum atomic E-state index is -3.57. The first-order valence-corrected chi connectivity index (χ1v) is 11.8. The van der Waals surface area contributed by atoms with Crippen molar-refractivity contribution >= 4 is 27.3 Å². The van der Waals surface area contributed by atoms with E-state index in [0.717, 1.165) is 12.1 Å². The maximum absolute atomic E-state index is 12.8. The average molecular weight is 410 g/mol. The van der Waals surface area contributed by atoms with Gasteiger partial charge in [0.05, 0.1) is 16.3 Å². The third kappa shape index (κ3) is 5.70. The zero-order valence-electron chi connectivity index (χ0n) is 17.7. The molecular formula is C21H35N3O3S. The van der Waals surface area contributed by atoms with Crippen LogP contribution in [0.4, 0.5) is 11.4 Å². The van der Waals surface area contributed by atoms with Gasteiger partial charge in [-0.15, -0.1) is 0 Å². The van der Waals surface area contributed by atoms with Gasteiger partial charge in [-0.1, -0.05) is 46.0 Å². The summed E-state index contributed by atoms with van der Waals surface area (Å²) < 4.78 is 27.1. The van der Waals surface area contributed by atoms with Gasteiger partial charge < -0.3 is 10.2 Å². The summed E-state index contributed by atoms with van der Waals surface area (Å²) in [7, 11) is 0.193. The quantitative estimate of drug-likeness (QED) is 0.667. The Hall–Kier alpha value is -1.60. The van der Waals surface area contributed by atoms with Gasteiger partial charge in [0, 0.05) is 33.6 Å². The molecule has 0 unspecified atom stereocenters. The lowest BCUT2D eigenvalue weighted by Crippen LogP contribution is -2.30. The van der Waals surface area contributed by atoms with E-state index in [2.05, 4.69) is 5.32 Å². The van der Waals surface area contributed by atoms with Gasteiger partial charge in [-0.2, -0.15) is 4.31 Å². The Morgan fingerprint density at radius 3 is 2.32 bits per heavy atom. The van der Waals surface area contributed by atoms with Crippen molar-refractivity contribution in [2.45, 2.75) is 63.7 Å². The van der Waals surface area contributed by atoms with E-state index in [-0.39, 0.29) is 10.8 Å². The molecule has 28 heavy (non-hydrogen) atoms. The summed E-state index contributed by atoms with van der Waals surface area (Å²) in [5.74, 6) is 0.591. The van der Waals surface area contributed by atoms with Crippen molar-refractivity contribution < 1.29 is 13.2 Å². The molecule has 1 amide bonds. The zero-order chi connectivity index (χ0) is 20.7. The molecule has 6 nitrogen and oxygen atoms in total. The van der Waals surface area contributed by atoms with Crippen LogP contribution in [0.1, 0.15) is 58.8 Å². The van der Waals surface area contributed by atoms with Crippen LogP contribution in [0.3, 0.4) is 0 Å². The molecule has 0 saturated heterocycles. The Balaban J connectivity index is 2.17. The minimum absolute atomic E-state index is 0.0499. The van der Waals surface area contributed by atoms with E-state index in [0.29, 0.717) is 31.1 Å². The molecule has 1 aromatic carbocycles. The van der Waals surface area contributed by atoms with Gasteiger partial charge in [-0.25, -0.2) is 8.42 Å². The van der Waals surface area contributed by atoms with E-state index in [1.54, 1.807) is 18.2 Å². The second kappa shape index (κ2) is 10.3. The first-order chi connectivity index (χ1) is 13.3. The fourth-order valence-corrected chi connectivity index (χ4v) is 5.39. The largest absolute Gasteiger partial charge is 0.376 e. The number of rotatable bonds is 9. The highest BCUT2D eigenvalue weighted by Crippen LogP contribution is 2.30. The average Bonchev–Trinajstić information content (AvgIpc) is 2.67. The maximum Gasteiger partial charge on any atom is 0.243 e. The topological polar surface area (TPSA) is 69.7 Å². The lowest BCUT2D eigenvalue weighted by Gasteiger charge is -2.23. The Morgan fingerprint density at radius 1 is 1.11 bits per heavy atom. The van der Waals surface area contributed by atoms with Crippen molar-refractivity contribution in [1.82, 2.24) is 4.31 Å². The summed E-state index contributed by atoms with van der Waals surface area (Å²) in [5, 5.41) is 2.96. The zero-order valence-corrected chi connectivity index (χ0v) is 18.5. The number of sulfonamides is 1. The summed E-state index contributed by atoms with van der Waals surface area (Å²) in [5.41, 5.74) is 1.34. The van der Waals surface area contributed by atoms with E-state index < -0.39 is 10.0 Å². The van der Waals surface area contributed by atoms with Crippen LogP contribution in [-0.4, -0.2) is 45.8 Å². The van der Waals surface area contributed by atoms with Crippen molar-refractivity contribution in [2.75, 3.05) is 37.4 Å². The molecule has 1 aliphatic rings. The van der Waals surface area contributed by atoms with Crippen LogP contribution in [0.25, 0.3) is 0 Å². The van der Waals surface area contributed by atoms with Gasteiger partial charge in [-0.05, 0) is 30.5 Å². The first kappa shape index (κ1) is 22.7. The lowest BCUT2D eigenvalue weighted by atomic mass is 9.86. The molecule has 0 bridgehead atoms. The van der Waals surface area contributed by atoms with Crippen LogP contribution in [0.15, 0.2) is 23.1 Å². The van der Waals surface area contributed by atoms with Crippen LogP contribution >= 0.6 is 0 Å². The highest BCUT2D eigenvalue weighted by atomic mass is 32.2. The number of hydrogen-bond donors (Lipinski definition) is 1. The molecule has 1 aromatic rings. The fraction of sp³-hybridized carbons (Fsp3) is 0.667. The SMILES string of the molecule is CCN(CC)S(=O)(=O)c1ccc(N(C)C)c(NC(=O)CCC2CCCCC2)c1. The van der Waals surface area contributed by atoms with Gasteiger partial charge in [0.15, 0.2) is 0 Å². The van der Waals surface area contributed by atoms with Crippen molar-refractivity contribution in [1.29, 1.82) is 0 Å². The monoisotopic (exact) mass is 409 g/mol. The molecule has 0 atom stereocenters. The summed E-state index contributed by atoms with van der Waals surface area (Å²) in [6, 6.07) is 4.95. The number of hydrogen-bond acceptors (Lipinski definition) is 4. The van der Waals surface area contributed by atoms with Crippen LogP contribution in [0, 0.1) is 5.92 Å². The smallest absolute Gasteiger partial charge is 0.243 e. The molecule has 0 aromatic heterocycles. The second-order valence-electron chi connectivity index (χ2n) is 7.75. The van der Waals surface area contributed by atoms with Crippen LogP contribution in [0.2, 0.25) is 0 Å². The van der Waals surface area contributed by atoms with E-state index in [9.17, 15) is 13.2 Å². The highest BCUT2D eigenvalue weighted by Gasteiger charge is 2.23. The number of carbonyl (C=O) groups excluding carboxylic acids is 1. The highest BCUT2D eigenvalue weighted by molar-refractivity contribution is 7.89. The molecule has 1 saturated carbocycles. The fourth-order valence-electron chi connectivity index (χ4n) is 3.90. The number of nitrogens with one attached hydrogen (secondary N) is 1. The van der Waals surface area contributed by atoms with E-state index in [1.807, 2.05) is 32.8 Å². The summed E-state index contributed by atoms with van der Waals surface area (Å²) in [6.07, 6.45) is 7.65. The molecule has 0 aliphatic heterocycles. The number of anilines is 2. The van der Waals surface area contributed by atoms with Gasteiger partial charge >= 0.3 is 0 Å². The molecule has 1 aliphatic carbocycles. The Bertz CT molecular complexity index is 752. The second-order valence-corrected chi connectivity index (χ2v) is 9.69. The third-order valence-electron chi connectivity index (χ3n) is 5.57. The van der Waals surface area contributed by atoms with Gasteiger partial charge in [-0.3, -0.25) is 4.79 Å². The Morgan fingerprint density at radius 2 is 1.75 bits per heavy atom. The number of nitrogens with zero attached hydrogens (tertiary/aromatic N) is 2. The summed E-state index contributed by atoms with van der Waals surface area (Å²) in [4.78, 5) is 14.6. The number of amides is 1. The summed E-state index contributed by atoms with van der Waals surface area (Å²) in [6.45, 7) is 4.47. The molecular weight excluding hydrogens is 374 g/mol. The predicted molar refractivity (Wildman–Crippen MR) is 115 cm³/mol. The number of carbonyl (C=O) groups is 1. The molecule has 7 heteroatoms. The van der Waals surface area contributed by atoms with Gasteiger partial charge in [0.1, 0.15) is 0 Å². The Kier molecular flexibility index (Phi) is 8.31. The molecule has 1 N–H and O–H groups in total. The molecule has 2 rings (SSSR count). The van der Waals surface area contributed by atoms with Crippen molar-refractivity contribution in [3.8, 4) is 0 Å². The molecule has 0 spiro atoms. The van der Waals surface area contributed by atoms with Crippen molar-refractivity contribution in [3.05, 3.63) is 18.2 Å². The first-order valence-electron chi connectivity index (χ1n) is 10.4. The molecule has 0 radical (unpaired) electrons. The standard InChI is InChI=1S/C21H35N3O3S/c1-5-24(6-2)28(26,27)18-13-14-20(23(3)4)19(16-18)22-21(25)15-12-17-10-8-7-9-11-17/h13-14,16-17H,5-12,15H2,1-4H3,(H,22,25). The molecule has 1 fully saturated rings. The molecule has 0 heterocycles. The van der Waals surface area contributed by atoms with Crippen molar-refractivity contribution in [2.24, 2.45) is 5.92 Å². The van der Waals surface area contributed by atoms with E-state index in [4.69, 9.17) is 0 Å².